The summed E-state index contributed by atoms with van der Waals surface area (Å²) in [5.41, 5.74) is 5.33. The zero-order valence-electron chi connectivity index (χ0n) is 36.2. The van der Waals surface area contributed by atoms with Crippen molar-refractivity contribution >= 4 is 25.7 Å². The van der Waals surface area contributed by atoms with Crippen LogP contribution in [0.1, 0.15) is 213 Å². The van der Waals surface area contributed by atoms with Crippen molar-refractivity contribution < 1.29 is 47.5 Å². The maximum atomic E-state index is 12.6. The molecule has 11 nitrogen and oxygen atoms in total. The standard InChI is InChI=1S/C45H84NO10P/c1-3-5-7-9-11-13-15-17-18-19-20-21-22-23-24-25-27-28-30-32-34-36-43(47)53-38-41(39-54-57(51,52)55-40-42(46)45(49)50)56-44(48)37-35-33-31-29-26-16-14-12-10-8-6-4-2/h12,14,17-18,41-42H,3-11,13,15-16,19-40,46H2,1-2H3,(H,49,50)(H,51,52)/b14-12+,18-17+/t41-,42-/m0/s1. The number of phosphoric acid groups is 1. The minimum absolute atomic E-state index is 0.153. The lowest BCUT2D eigenvalue weighted by Gasteiger charge is -2.20. The van der Waals surface area contributed by atoms with Crippen molar-refractivity contribution in [1.29, 1.82) is 0 Å². The number of ether oxygens (including phenoxy) is 2. The lowest BCUT2D eigenvalue weighted by Crippen LogP contribution is -2.34. The van der Waals surface area contributed by atoms with Crippen molar-refractivity contribution in [2.45, 2.75) is 225 Å². The number of allylic oxidation sites excluding steroid dienone is 4. The van der Waals surface area contributed by atoms with Crippen LogP contribution in [-0.2, 0) is 37.5 Å². The van der Waals surface area contributed by atoms with Crippen LogP contribution in [0.4, 0.5) is 0 Å². The third-order valence-corrected chi connectivity index (χ3v) is 10.9. The summed E-state index contributed by atoms with van der Waals surface area (Å²) >= 11 is 0. The summed E-state index contributed by atoms with van der Waals surface area (Å²) in [6.45, 7) is 2.78. The topological polar surface area (TPSA) is 172 Å². The fourth-order valence-electron chi connectivity index (χ4n) is 6.29. The van der Waals surface area contributed by atoms with Crippen molar-refractivity contribution in [2.75, 3.05) is 19.8 Å². The first-order valence-electron chi connectivity index (χ1n) is 22.9. The Morgan fingerprint density at radius 3 is 1.32 bits per heavy atom. The van der Waals surface area contributed by atoms with Gasteiger partial charge in [0.2, 0.25) is 0 Å². The second-order valence-corrected chi connectivity index (χ2v) is 17.0. The molecule has 0 amide bonds. The van der Waals surface area contributed by atoms with E-state index in [4.69, 9.17) is 24.8 Å². The molecule has 0 radical (unpaired) electrons. The largest absolute Gasteiger partial charge is 0.480 e. The number of aliphatic carboxylic acids is 1. The number of carbonyl (C=O) groups excluding carboxylic acids is 2. The van der Waals surface area contributed by atoms with Gasteiger partial charge in [0.25, 0.3) is 0 Å². The fourth-order valence-corrected chi connectivity index (χ4v) is 7.07. The second-order valence-electron chi connectivity index (χ2n) is 15.5. The third kappa shape index (κ3) is 40.5. The van der Waals surface area contributed by atoms with Gasteiger partial charge in [0.1, 0.15) is 12.6 Å². The normalized spacial score (nSPS) is 13.9. The predicted molar refractivity (Wildman–Crippen MR) is 231 cm³/mol. The summed E-state index contributed by atoms with van der Waals surface area (Å²) < 4.78 is 32.7. The summed E-state index contributed by atoms with van der Waals surface area (Å²) in [6, 6.07) is -1.52. The van der Waals surface area contributed by atoms with Crippen molar-refractivity contribution in [3.05, 3.63) is 24.3 Å². The summed E-state index contributed by atoms with van der Waals surface area (Å²) in [4.78, 5) is 45.9. The van der Waals surface area contributed by atoms with E-state index in [1.165, 1.54) is 116 Å². The lowest BCUT2D eigenvalue weighted by molar-refractivity contribution is -0.161. The number of rotatable bonds is 43. The van der Waals surface area contributed by atoms with E-state index >= 15 is 0 Å². The van der Waals surface area contributed by atoms with Gasteiger partial charge in [-0.3, -0.25) is 23.4 Å². The highest BCUT2D eigenvalue weighted by Gasteiger charge is 2.28. The Morgan fingerprint density at radius 1 is 0.526 bits per heavy atom. The minimum atomic E-state index is -4.71. The molecule has 57 heavy (non-hydrogen) atoms. The average Bonchev–Trinajstić information content (AvgIpc) is 3.19. The Morgan fingerprint density at radius 2 is 0.877 bits per heavy atom. The van der Waals surface area contributed by atoms with Gasteiger partial charge in [-0.25, -0.2) is 4.57 Å². The maximum absolute atomic E-state index is 12.6. The highest BCUT2D eigenvalue weighted by Crippen LogP contribution is 2.43. The monoisotopic (exact) mass is 830 g/mol. The molecule has 0 spiro atoms. The van der Waals surface area contributed by atoms with Crippen LogP contribution in [0.3, 0.4) is 0 Å². The molecule has 0 saturated heterocycles. The number of phosphoric ester groups is 1. The first-order chi connectivity index (χ1) is 27.6. The molecule has 0 saturated carbocycles. The van der Waals surface area contributed by atoms with Crippen molar-refractivity contribution in [3.63, 3.8) is 0 Å². The molecule has 0 aliphatic carbocycles. The Bertz CT molecular complexity index is 1070. The summed E-state index contributed by atoms with van der Waals surface area (Å²) in [6.07, 6.45) is 42.5. The number of carboxylic acid groups (broad SMARTS) is 1. The molecule has 0 aromatic carbocycles. The number of carbonyl (C=O) groups is 3. The van der Waals surface area contributed by atoms with E-state index in [1.807, 2.05) is 0 Å². The van der Waals surface area contributed by atoms with Crippen LogP contribution in [0.25, 0.3) is 0 Å². The molecule has 0 aromatic rings. The molecule has 0 fully saturated rings. The van der Waals surface area contributed by atoms with Gasteiger partial charge in [0, 0.05) is 12.8 Å². The molecule has 0 aromatic heterocycles. The molecule has 0 aliphatic rings. The second kappa shape index (κ2) is 40.7. The average molecular weight is 830 g/mol. The molecule has 0 bridgehead atoms. The molecule has 334 valence electrons. The van der Waals surface area contributed by atoms with Crippen LogP contribution in [0, 0.1) is 0 Å². The van der Waals surface area contributed by atoms with E-state index in [0.29, 0.717) is 12.8 Å². The van der Waals surface area contributed by atoms with Crippen molar-refractivity contribution in [1.82, 2.24) is 0 Å². The number of carboxylic acids is 1. The van der Waals surface area contributed by atoms with Gasteiger partial charge >= 0.3 is 25.7 Å². The fraction of sp³-hybridized carbons (Fsp3) is 0.844. The predicted octanol–water partition coefficient (Wildman–Crippen LogP) is 12.2. The quantitative estimate of drug-likeness (QED) is 0.0231. The molecule has 12 heteroatoms. The maximum Gasteiger partial charge on any atom is 0.472 e. The Balaban J connectivity index is 4.24. The first-order valence-corrected chi connectivity index (χ1v) is 24.4. The van der Waals surface area contributed by atoms with Crippen LogP contribution in [0.5, 0.6) is 0 Å². The molecular formula is C45H84NO10P. The zero-order chi connectivity index (χ0) is 42.1. The van der Waals surface area contributed by atoms with Crippen LogP contribution >= 0.6 is 7.82 Å². The number of nitrogens with two attached hydrogens (primary N) is 1. The SMILES string of the molecule is CCCCC/C=C/CCCCCCCC(=O)O[C@@H](COC(=O)CCCCCCCCCCCCC/C=C/CCCCCCCC)COP(=O)(O)OC[C@H](N)C(=O)O. The Kier molecular flexibility index (Phi) is 39.3. The van der Waals surface area contributed by atoms with Crippen molar-refractivity contribution in [3.8, 4) is 0 Å². The summed E-state index contributed by atoms with van der Waals surface area (Å²) in [7, 11) is -4.71. The number of esters is 2. The number of hydrogen-bond donors (Lipinski definition) is 3. The first kappa shape index (κ1) is 55.0. The highest BCUT2D eigenvalue weighted by molar-refractivity contribution is 7.47. The highest BCUT2D eigenvalue weighted by atomic mass is 31.2. The van der Waals surface area contributed by atoms with Gasteiger partial charge in [-0.15, -0.1) is 0 Å². The van der Waals surface area contributed by atoms with E-state index in [-0.39, 0.29) is 19.4 Å². The van der Waals surface area contributed by atoms with Gasteiger partial charge in [-0.2, -0.15) is 0 Å². The Hall–Kier alpha value is -2.04. The van der Waals surface area contributed by atoms with E-state index in [0.717, 1.165) is 57.8 Å². The van der Waals surface area contributed by atoms with Gasteiger partial charge in [-0.05, 0) is 64.2 Å². The molecule has 0 heterocycles. The third-order valence-electron chi connectivity index (χ3n) is 9.92. The van der Waals surface area contributed by atoms with Gasteiger partial charge < -0.3 is 25.2 Å². The minimum Gasteiger partial charge on any atom is -0.480 e. The number of hydrogen-bond acceptors (Lipinski definition) is 9. The van der Waals surface area contributed by atoms with Crippen LogP contribution in [0.2, 0.25) is 0 Å². The smallest absolute Gasteiger partial charge is 0.472 e. The molecular weight excluding hydrogens is 745 g/mol. The van der Waals surface area contributed by atoms with E-state index in [9.17, 15) is 23.8 Å². The van der Waals surface area contributed by atoms with E-state index in [2.05, 4.69) is 42.7 Å². The molecule has 0 rings (SSSR count). The Labute approximate surface area is 347 Å². The van der Waals surface area contributed by atoms with Crippen molar-refractivity contribution in [2.24, 2.45) is 5.73 Å². The molecule has 4 N–H and O–H groups in total. The van der Waals surface area contributed by atoms with Crippen LogP contribution in [-0.4, -0.2) is 59.9 Å². The lowest BCUT2D eigenvalue weighted by atomic mass is 10.0. The van der Waals surface area contributed by atoms with Gasteiger partial charge in [-0.1, -0.05) is 160 Å². The summed E-state index contributed by atoms with van der Waals surface area (Å²) in [5.74, 6) is -2.38. The van der Waals surface area contributed by atoms with Crippen LogP contribution < -0.4 is 5.73 Å². The molecule has 1 unspecified atom stereocenters. The van der Waals surface area contributed by atoms with Gasteiger partial charge in [0.15, 0.2) is 6.10 Å². The van der Waals surface area contributed by atoms with E-state index in [1.54, 1.807) is 0 Å². The van der Waals surface area contributed by atoms with Crippen LogP contribution in [0.15, 0.2) is 24.3 Å². The zero-order valence-corrected chi connectivity index (χ0v) is 37.1. The van der Waals surface area contributed by atoms with E-state index < -0.39 is 51.1 Å². The number of unbranched alkanes of at least 4 members (excludes halogenated alkanes) is 25. The molecule has 0 aliphatic heterocycles. The summed E-state index contributed by atoms with van der Waals surface area (Å²) in [5, 5.41) is 8.89. The van der Waals surface area contributed by atoms with Gasteiger partial charge in [0.05, 0.1) is 13.2 Å². The molecule has 3 atom stereocenters.